The van der Waals surface area contributed by atoms with Gasteiger partial charge in [-0.3, -0.25) is 0 Å². The van der Waals surface area contributed by atoms with E-state index in [1.165, 1.54) is 0 Å². The van der Waals surface area contributed by atoms with Crippen LogP contribution in [0, 0.1) is 0 Å². The Balaban J connectivity index is -0.0000000910. The summed E-state index contributed by atoms with van der Waals surface area (Å²) >= 11 is 0. The van der Waals surface area contributed by atoms with Gasteiger partial charge in [0, 0.05) is 0 Å². The van der Waals surface area contributed by atoms with Gasteiger partial charge in [0.1, 0.15) is 0 Å². The summed E-state index contributed by atoms with van der Waals surface area (Å²) in [6, 6.07) is 0. The molecule has 8 N–H and O–H groups in total. The SMILES string of the molecule is O.O=P(O)(O)O.OB(O)O. The summed E-state index contributed by atoms with van der Waals surface area (Å²) in [6.45, 7) is 0. The van der Waals surface area contributed by atoms with Crippen molar-refractivity contribution in [2.75, 3.05) is 0 Å². The Morgan fingerprint density at radius 2 is 1.00 bits per heavy atom. The lowest BCUT2D eigenvalue weighted by molar-refractivity contribution is 0.274. The summed E-state index contributed by atoms with van der Waals surface area (Å²) in [5.74, 6) is 0. The number of phosphoric acid groups is 1. The summed E-state index contributed by atoms with van der Waals surface area (Å²) in [5, 5.41) is 21.5. The second-order valence-corrected chi connectivity index (χ2v) is 1.89. The van der Waals surface area contributed by atoms with Gasteiger partial charge in [-0.15, -0.1) is 0 Å². The lowest BCUT2D eigenvalue weighted by atomic mass is 10.3. The molecule has 0 aromatic rings. The minimum Gasteiger partial charge on any atom is -0.412 e. The Morgan fingerprint density at radius 3 is 1.00 bits per heavy atom. The fourth-order valence-corrected chi connectivity index (χ4v) is 0. The van der Waals surface area contributed by atoms with Gasteiger partial charge in [0.05, 0.1) is 0 Å². The second-order valence-electron chi connectivity index (χ2n) is 0.860. The molecule has 0 aromatic heterocycles. The van der Waals surface area contributed by atoms with Crippen LogP contribution in [0.2, 0.25) is 0 Å². The van der Waals surface area contributed by atoms with Crippen LogP contribution in [-0.4, -0.2) is 42.5 Å². The van der Waals surface area contributed by atoms with Crippen molar-refractivity contribution >= 4 is 15.1 Å². The van der Waals surface area contributed by atoms with Crippen molar-refractivity contribution in [3.63, 3.8) is 0 Å². The molecule has 8 nitrogen and oxygen atoms in total. The van der Waals surface area contributed by atoms with Crippen LogP contribution in [0.15, 0.2) is 0 Å². The van der Waals surface area contributed by atoms with E-state index in [1.54, 1.807) is 0 Å². The zero-order valence-electron chi connectivity index (χ0n) is 4.62. The molecule has 0 saturated carbocycles. The van der Waals surface area contributed by atoms with Crippen molar-refractivity contribution in [3.8, 4) is 0 Å². The van der Waals surface area contributed by atoms with Crippen molar-refractivity contribution in [3.05, 3.63) is 0 Å². The van der Waals surface area contributed by atoms with Crippen LogP contribution >= 0.6 is 7.82 Å². The molecule has 0 saturated heterocycles. The van der Waals surface area contributed by atoms with Crippen molar-refractivity contribution in [2.24, 2.45) is 0 Å². The maximum Gasteiger partial charge on any atom is 0.631 e. The zero-order chi connectivity index (χ0) is 8.08. The Hall–Kier alpha value is 0.0149. The molecule has 0 heterocycles. The molecule has 10 heavy (non-hydrogen) atoms. The van der Waals surface area contributed by atoms with Gasteiger partial charge >= 0.3 is 15.1 Å². The van der Waals surface area contributed by atoms with Crippen LogP contribution in [-0.2, 0) is 4.57 Å². The molecule has 0 bridgehead atoms. The first-order valence-electron chi connectivity index (χ1n) is 1.56. The van der Waals surface area contributed by atoms with Gasteiger partial charge < -0.3 is 35.2 Å². The fourth-order valence-electron chi connectivity index (χ4n) is 0. The van der Waals surface area contributed by atoms with Gasteiger partial charge in [0.15, 0.2) is 0 Å². The van der Waals surface area contributed by atoms with E-state index >= 15 is 0 Å². The predicted molar refractivity (Wildman–Crippen MR) is 30.3 cm³/mol. The molecule has 0 unspecified atom stereocenters. The molecule has 0 aromatic carbocycles. The van der Waals surface area contributed by atoms with Gasteiger partial charge in [0.25, 0.3) is 0 Å². The van der Waals surface area contributed by atoms with Crippen LogP contribution in [0.5, 0.6) is 0 Å². The maximum absolute atomic E-state index is 8.88. The zero-order valence-corrected chi connectivity index (χ0v) is 5.51. The molecule has 0 aliphatic rings. The Kier molecular flexibility index (Phi) is 11.8. The van der Waals surface area contributed by atoms with Crippen LogP contribution in [0.1, 0.15) is 0 Å². The lowest BCUT2D eigenvalue weighted by Crippen LogP contribution is -2.07. The minimum absolute atomic E-state index is 0. The highest BCUT2D eigenvalue weighted by Crippen LogP contribution is 2.25. The van der Waals surface area contributed by atoms with Crippen molar-refractivity contribution in [1.82, 2.24) is 0 Å². The third kappa shape index (κ3) is 1770000. The molecule has 0 aliphatic heterocycles. The van der Waals surface area contributed by atoms with Gasteiger partial charge in [-0.1, -0.05) is 0 Å². The van der Waals surface area contributed by atoms with E-state index in [0.29, 0.717) is 0 Å². The average Bonchev–Trinajstić information content (AvgIpc) is 1.19. The monoisotopic (exact) mass is 178 g/mol. The molecule has 0 amide bonds. The number of hydrogen-bond acceptors (Lipinski definition) is 4. The third-order valence-corrected chi connectivity index (χ3v) is 0. The maximum atomic E-state index is 8.88. The van der Waals surface area contributed by atoms with E-state index in [4.69, 9.17) is 34.3 Å². The van der Waals surface area contributed by atoms with E-state index in [1.807, 2.05) is 0 Å². The van der Waals surface area contributed by atoms with Crippen LogP contribution in [0.3, 0.4) is 0 Å². The molecule has 0 radical (unpaired) electrons. The van der Waals surface area contributed by atoms with E-state index in [2.05, 4.69) is 0 Å². The summed E-state index contributed by atoms with van der Waals surface area (Å²) in [4.78, 5) is 21.6. The molecule has 10 heteroatoms. The van der Waals surface area contributed by atoms with Crippen LogP contribution in [0.25, 0.3) is 0 Å². The van der Waals surface area contributed by atoms with Crippen LogP contribution in [0.4, 0.5) is 0 Å². The third-order valence-electron chi connectivity index (χ3n) is 0. The highest BCUT2D eigenvalue weighted by molar-refractivity contribution is 7.45. The molecule has 0 rings (SSSR count). The smallest absolute Gasteiger partial charge is 0.412 e. The normalized spacial score (nSPS) is 8.60. The highest BCUT2D eigenvalue weighted by Gasteiger charge is 2.00. The predicted octanol–water partition coefficient (Wildman–Crippen LogP) is -3.81. The first-order valence-corrected chi connectivity index (χ1v) is 3.12. The quantitative estimate of drug-likeness (QED) is 0.163. The summed E-state index contributed by atoms with van der Waals surface area (Å²) in [6.07, 6.45) is 0. The molecule has 0 aliphatic carbocycles. The summed E-state index contributed by atoms with van der Waals surface area (Å²) in [5.41, 5.74) is 0. The number of rotatable bonds is 0. The molecule has 0 spiro atoms. The highest BCUT2D eigenvalue weighted by atomic mass is 31.2. The second kappa shape index (κ2) is 7.13. The van der Waals surface area contributed by atoms with Gasteiger partial charge in [-0.05, 0) is 0 Å². The molecule has 0 atom stereocenters. The standard InChI is InChI=1S/BH3O3.H3O4P.H2O/c2-1(3)4;1-5(2,3)4;/h2-4H;(H3,1,2,3,4);1H2. The van der Waals surface area contributed by atoms with Gasteiger partial charge in [-0.2, -0.15) is 0 Å². The Bertz CT molecular complexity index is 80.4. The molecular weight excluding hydrogens is 170 g/mol. The van der Waals surface area contributed by atoms with E-state index in [-0.39, 0.29) is 5.48 Å². The van der Waals surface area contributed by atoms with E-state index in [0.717, 1.165) is 0 Å². The van der Waals surface area contributed by atoms with E-state index in [9.17, 15) is 0 Å². The van der Waals surface area contributed by atoms with Gasteiger partial charge in [0.2, 0.25) is 0 Å². The first-order chi connectivity index (χ1) is 3.73. The Morgan fingerprint density at radius 1 is 1.00 bits per heavy atom. The first kappa shape index (κ1) is 16.5. The van der Waals surface area contributed by atoms with Crippen molar-refractivity contribution < 1.29 is 39.8 Å². The average molecular weight is 178 g/mol. The van der Waals surface area contributed by atoms with Crippen molar-refractivity contribution in [1.29, 1.82) is 0 Å². The lowest BCUT2D eigenvalue weighted by Gasteiger charge is -1.82. The summed E-state index contributed by atoms with van der Waals surface area (Å²) < 4.78 is 8.88. The fraction of sp³-hybridized carbons (Fsp3) is 0. The molecule has 64 valence electrons. The topological polar surface area (TPSA) is 170 Å². The van der Waals surface area contributed by atoms with Gasteiger partial charge in [-0.25, -0.2) is 4.57 Å². The minimum atomic E-state index is -4.64. The number of hydrogen-bond donors (Lipinski definition) is 6. The summed E-state index contributed by atoms with van der Waals surface area (Å²) in [7, 11) is -6.81. The van der Waals surface area contributed by atoms with E-state index < -0.39 is 15.1 Å². The van der Waals surface area contributed by atoms with Crippen molar-refractivity contribution in [2.45, 2.75) is 0 Å². The largest absolute Gasteiger partial charge is 0.631 e. The molecular formula is H8BO8P. The Labute approximate surface area is 56.1 Å². The van der Waals surface area contributed by atoms with Crippen LogP contribution < -0.4 is 0 Å². The molecule has 0 fully saturated rings.